The molecule has 135 heavy (non-hydrogen) atoms. The molecule has 17 rings (SSSR count). The van der Waals surface area contributed by atoms with E-state index in [2.05, 4.69) is 100 Å². The number of aliphatic hydroxyl groups is 5. The Labute approximate surface area is 793 Å². The molecular formula is C96H122BrN19O18Si. The molecule has 12 aromatic rings. The van der Waals surface area contributed by atoms with Crippen LogP contribution in [0.2, 0.25) is 19.6 Å². The van der Waals surface area contributed by atoms with Gasteiger partial charge in [-0.1, -0.05) is 204 Å². The highest BCUT2D eigenvalue weighted by Crippen LogP contribution is 2.48. The zero-order valence-electron chi connectivity index (χ0n) is 77.0. The van der Waals surface area contributed by atoms with E-state index in [1.165, 1.54) is 49.7 Å². The van der Waals surface area contributed by atoms with Gasteiger partial charge < -0.3 is 95.8 Å². The first kappa shape index (κ1) is 106. The predicted octanol–water partition coefficient (Wildman–Crippen LogP) is 11.8. The predicted molar refractivity (Wildman–Crippen MR) is 506 cm³/mol. The average Bonchev–Trinajstić information content (AvgIpc) is 1.58. The molecule has 39 heteroatoms. The number of benzene rings is 4. The number of carbonyl (C=O) groups excluding carboxylic acids is 3. The minimum Gasteiger partial charge on any atom is -0.460 e. The number of fused-ring (bicyclic) bond motifs is 4. The van der Waals surface area contributed by atoms with Gasteiger partial charge >= 0.3 is 17.9 Å². The number of hydrogen-bond acceptors (Lipinski definition) is 33. The van der Waals surface area contributed by atoms with Crippen molar-refractivity contribution >= 4 is 87.2 Å². The van der Waals surface area contributed by atoms with Crippen LogP contribution in [0.25, 0.3) is 22.1 Å². The van der Waals surface area contributed by atoms with Gasteiger partial charge in [0, 0.05) is 43.2 Å². The summed E-state index contributed by atoms with van der Waals surface area (Å²) in [6.45, 7) is 26.0. The number of nitrogens with two attached hydrogens (primary N) is 4. The number of ether oxygens (including phenoxy) is 10. The van der Waals surface area contributed by atoms with Crippen LogP contribution in [-0.4, -0.2) is 190 Å². The maximum atomic E-state index is 11.6. The Morgan fingerprint density at radius 2 is 0.844 bits per heavy atom. The number of aliphatic hydroxyl groups excluding tert-OH is 4. The van der Waals surface area contributed by atoms with Crippen LogP contribution < -0.4 is 22.9 Å². The summed E-state index contributed by atoms with van der Waals surface area (Å²) in [5, 5.41) is 95.2. The fourth-order valence-corrected chi connectivity index (χ4v) is 16.5. The van der Waals surface area contributed by atoms with E-state index >= 15 is 0 Å². The minimum atomic E-state index is -1.85. The SMILES string of the molecule is C.CC(=O)OC(C)=O.CC[C@H]1OC(=O)[C@H](OCc2ccccc2)[C@@H]1C.CC[C@H]1OC(O)(c2ccc3c(N)ncnn23)[C@H](OCc2ccccc2)[C@@H]1C.CC[C@H]1OC(O)[C@H](OCc2ccccc2)[C@@H]1C.CC[C@H]1O[C@@](C#N)(c2ccc3c(N)ncnn23)[C@H](OCc2ccccc2)[C@@H]1C.C[Si](C)(C)C#N.N#C[C@@]1(c2ccc3c(N)ncnn23)O[C@H](CO)[C@@H](O)[C@H]1O.Nc1ncnn2c(Br)ccc12. The van der Waals surface area contributed by atoms with Crippen molar-refractivity contribution in [3.8, 4) is 17.8 Å². The number of nitriles is 3. The number of nitrogens with zero attached hydrogens (tertiary/aromatic N) is 15. The van der Waals surface area contributed by atoms with Gasteiger partial charge in [0.05, 0.1) is 62.7 Å². The molecule has 2 unspecified atom stereocenters. The third-order valence-corrected chi connectivity index (χ3v) is 24.4. The van der Waals surface area contributed by atoms with Crippen LogP contribution in [-0.2, 0) is 105 Å². The van der Waals surface area contributed by atoms with E-state index in [9.17, 15) is 50.4 Å². The maximum absolute atomic E-state index is 11.6. The highest BCUT2D eigenvalue weighted by atomic mass is 79.9. The maximum Gasteiger partial charge on any atom is 0.335 e. The summed E-state index contributed by atoms with van der Waals surface area (Å²) in [4.78, 5) is 47.0. The van der Waals surface area contributed by atoms with E-state index in [0.29, 0.717) is 71.8 Å². The van der Waals surface area contributed by atoms with Crippen LogP contribution in [0.5, 0.6) is 0 Å². The number of aromatic nitrogens is 12. The van der Waals surface area contributed by atoms with Crippen LogP contribution >= 0.6 is 15.9 Å². The summed E-state index contributed by atoms with van der Waals surface area (Å²) in [7, 11) is -1.33. The summed E-state index contributed by atoms with van der Waals surface area (Å²) in [6.07, 6.45) is 2.17. The van der Waals surface area contributed by atoms with Crippen molar-refractivity contribution in [3.05, 3.63) is 239 Å². The number of hydrogen-bond donors (Lipinski definition) is 9. The van der Waals surface area contributed by atoms with Crippen molar-refractivity contribution in [2.75, 3.05) is 29.5 Å². The number of esters is 3. The molecule has 5 fully saturated rings. The molecule has 0 amide bonds. The topological polar surface area (TPSA) is 541 Å². The van der Waals surface area contributed by atoms with Crippen molar-refractivity contribution < 1.29 is 87.3 Å². The fraction of sp³-hybridized carbons (Fsp3) is 0.438. The van der Waals surface area contributed by atoms with Gasteiger partial charge in [0.25, 0.3) is 0 Å². The number of nitrogen functional groups attached to an aromatic ring is 4. The van der Waals surface area contributed by atoms with E-state index in [0.717, 1.165) is 58.1 Å². The van der Waals surface area contributed by atoms with Crippen LogP contribution in [0.4, 0.5) is 23.3 Å². The monoisotopic (exact) mass is 1940 g/mol. The lowest BCUT2D eigenvalue weighted by molar-refractivity contribution is -0.251. The van der Waals surface area contributed by atoms with Gasteiger partial charge in [0.1, 0.15) is 113 Å². The molecule has 37 nitrogen and oxygen atoms in total. The first-order chi connectivity index (χ1) is 64.1. The Morgan fingerprint density at radius 3 is 1.22 bits per heavy atom. The molecule has 8 aromatic heterocycles. The van der Waals surface area contributed by atoms with Crippen molar-refractivity contribution in [2.24, 2.45) is 23.7 Å². The largest absolute Gasteiger partial charge is 0.460 e. The molecule has 5 saturated heterocycles. The van der Waals surface area contributed by atoms with Crippen LogP contribution in [0.15, 0.2) is 200 Å². The summed E-state index contributed by atoms with van der Waals surface area (Å²) in [5.74, 6) is -1.15. The summed E-state index contributed by atoms with van der Waals surface area (Å²) in [6, 6.07) is 58.0. The summed E-state index contributed by atoms with van der Waals surface area (Å²) < 4.78 is 63.6. The van der Waals surface area contributed by atoms with E-state index in [4.69, 9.17) is 70.8 Å². The fourth-order valence-electron chi connectivity index (χ4n) is 16.1. The van der Waals surface area contributed by atoms with E-state index < -0.39 is 86.5 Å². The highest BCUT2D eigenvalue weighted by Gasteiger charge is 2.60. The third-order valence-electron chi connectivity index (χ3n) is 23.2. The van der Waals surface area contributed by atoms with Crippen molar-refractivity contribution in [3.63, 3.8) is 0 Å². The van der Waals surface area contributed by atoms with Crippen molar-refractivity contribution in [1.29, 1.82) is 15.8 Å². The van der Waals surface area contributed by atoms with Gasteiger partial charge in [-0.05, 0) is 112 Å². The van der Waals surface area contributed by atoms with Crippen LogP contribution in [0.3, 0.4) is 0 Å². The standard InChI is InChI=1S/C21H23N5O2.C20H24N4O3.C14H20O3.C14H18O3.C12H13N5O4.C6H5BrN4.C4H9NSi.C4H6O3.CH4/c1-3-17-14(2)19(27-11-15-7-5-4-6-8-15)21(12-22,28-17)18-10-9-16-20(23)24-13-25-26(16)18;1-3-16-13(2)18(26-11-14-7-5-4-6-8-14)20(25,27-16)17-10-9-15-19(21)22-12-23-24(15)17;2*1-3-12-10(2)13(14(15)17-12)16-9-11-7-5-4-6-8-11;13-4-12(10(20)9(19)7(3-18)21-12)8-2-1-6-11(14)15-5-16-17(6)8;7-5-2-1-4-6(8)9-3-10-11(4)5;1-6(2,3)4-5;1-3(5)7-4(2)6;/h4-10,13-14,17,19H,3,11H2,1-2H3,(H2,23,24,25);4-10,12-13,16,18,25H,3,11H2,1-2H3,(H2,21,22,23);4-8,10,12-15H,3,9H2,1-2H3;4-8,10,12-13H,3,9H2,1-2H3;1-2,5,7,9-10,18-20H,3H2,(H2,14,15,16);1-3H,(H2,8,9,10);1-3H3;1-2H3;1H4/t14-,17-,19-,21+;13-,16-,18-,20?;10-,12-,13-,14?;10-,12-,13-;7-,9-,10-,12+;;;;/m11111..../s1. The quantitative estimate of drug-likeness (QED) is 0.0194. The molecule has 13 heterocycles. The molecule has 720 valence electrons. The summed E-state index contributed by atoms with van der Waals surface area (Å²) >= 11 is 3.32. The molecule has 4 aromatic carbocycles. The number of halogens is 1. The zero-order valence-corrected chi connectivity index (χ0v) is 79.6. The van der Waals surface area contributed by atoms with Gasteiger partial charge in [0.15, 0.2) is 43.7 Å². The number of cyclic esters (lactones) is 1. The number of carbonyl (C=O) groups is 3. The molecule has 5 aliphatic rings. The first-order valence-corrected chi connectivity index (χ1v) is 48.2. The molecule has 19 atom stereocenters. The molecule has 0 aliphatic carbocycles. The Balaban J connectivity index is 0.000000180. The number of anilines is 4. The Morgan fingerprint density at radius 1 is 0.481 bits per heavy atom. The molecule has 0 bridgehead atoms. The van der Waals surface area contributed by atoms with Gasteiger partial charge in [-0.3, -0.25) is 9.59 Å². The molecule has 0 radical (unpaired) electrons. The second-order valence-electron chi connectivity index (χ2n) is 33.5. The Hall–Kier alpha value is -12.2. The van der Waals surface area contributed by atoms with Gasteiger partial charge in [-0.15, -0.1) is 0 Å². The molecule has 0 saturated carbocycles. The lowest BCUT2D eigenvalue weighted by atomic mass is 9.87. The summed E-state index contributed by atoms with van der Waals surface area (Å²) in [5.41, 5.74) is 30.5. The molecular weight excluding hydrogens is 1820 g/mol. The third kappa shape index (κ3) is 25.5. The number of rotatable bonds is 20. The van der Waals surface area contributed by atoms with Crippen molar-refractivity contribution in [1.82, 2.24) is 58.4 Å². The second-order valence-corrected chi connectivity index (χ2v) is 39.1. The first-order valence-electron chi connectivity index (χ1n) is 43.9. The van der Waals surface area contributed by atoms with E-state index in [1.54, 1.807) is 31.7 Å². The van der Waals surface area contributed by atoms with Gasteiger partial charge in [-0.2, -0.15) is 30.9 Å². The molecule has 5 aliphatic heterocycles. The molecule has 13 N–H and O–H groups in total. The zero-order chi connectivity index (χ0) is 97.4. The van der Waals surface area contributed by atoms with Gasteiger partial charge in [-0.25, -0.2) is 48.1 Å². The normalized spacial score (nSPS) is 25.7. The van der Waals surface area contributed by atoms with Crippen LogP contribution in [0, 0.1) is 57.3 Å². The molecule has 0 spiro atoms. The van der Waals surface area contributed by atoms with Gasteiger partial charge in [0.2, 0.25) is 17.0 Å². The lowest BCUT2D eigenvalue weighted by Crippen LogP contribution is -2.41. The van der Waals surface area contributed by atoms with E-state index in [-0.39, 0.29) is 79.1 Å². The highest BCUT2D eigenvalue weighted by molar-refractivity contribution is 9.10. The minimum absolute atomic E-state index is 0. The van der Waals surface area contributed by atoms with E-state index in [1.807, 2.05) is 199 Å². The second kappa shape index (κ2) is 48.8. The lowest BCUT2D eigenvalue weighted by Gasteiger charge is -2.29. The van der Waals surface area contributed by atoms with Crippen LogP contribution in [0.1, 0.15) is 142 Å². The average molecular weight is 1940 g/mol. The van der Waals surface area contributed by atoms with Crippen molar-refractivity contribution in [2.45, 2.75) is 239 Å². The smallest absolute Gasteiger partial charge is 0.335 e. The Kier molecular flexibility index (Phi) is 38.5. The Bertz CT molecular complexity index is 5940.